The summed E-state index contributed by atoms with van der Waals surface area (Å²) >= 11 is 6.24. The zero-order chi connectivity index (χ0) is 20.5. The van der Waals surface area contributed by atoms with Crippen molar-refractivity contribution in [2.45, 2.75) is 6.92 Å². The maximum Gasteiger partial charge on any atom is 0.260 e. The van der Waals surface area contributed by atoms with E-state index in [1.54, 1.807) is 31.2 Å². The number of hydrogen-bond acceptors (Lipinski definition) is 6. The predicted octanol–water partition coefficient (Wildman–Crippen LogP) is 2.72. The van der Waals surface area contributed by atoms with Crippen LogP contribution < -0.4 is 4.90 Å². The fourth-order valence-electron chi connectivity index (χ4n) is 3.12. The highest BCUT2D eigenvalue weighted by molar-refractivity contribution is 6.33. The van der Waals surface area contributed by atoms with Gasteiger partial charge in [0.05, 0.1) is 17.4 Å². The zero-order valence-corrected chi connectivity index (χ0v) is 16.1. The van der Waals surface area contributed by atoms with Gasteiger partial charge in [0.2, 0.25) is 11.9 Å². The molecule has 10 heteroatoms. The molecule has 1 saturated heterocycles. The maximum absolute atomic E-state index is 13.2. The van der Waals surface area contributed by atoms with E-state index in [1.165, 1.54) is 9.80 Å². The summed E-state index contributed by atoms with van der Waals surface area (Å²) in [4.78, 5) is 36.1. The van der Waals surface area contributed by atoms with Crippen LogP contribution in [0.15, 0.2) is 41.2 Å². The van der Waals surface area contributed by atoms with E-state index in [2.05, 4.69) is 15.1 Å². The molecule has 29 heavy (non-hydrogen) atoms. The van der Waals surface area contributed by atoms with Gasteiger partial charge in [0.25, 0.3) is 5.91 Å². The molecule has 2 amide bonds. The summed E-state index contributed by atoms with van der Waals surface area (Å²) < 4.78 is 18.3. The second-order valence-electron chi connectivity index (χ2n) is 6.42. The standard InChI is InChI=1S/C19H15ClFN5O3/c1-11-16(17(24-29-11)13-4-2-3-5-14(13)20)18(28)25-6-7-26(15(27)10-25)19-22-8-12(21)9-23-19/h2-5,8-9H,6-7,10H2,1H3. The van der Waals surface area contributed by atoms with Crippen LogP contribution in [0.25, 0.3) is 11.3 Å². The summed E-state index contributed by atoms with van der Waals surface area (Å²) in [6, 6.07) is 6.99. The number of aromatic nitrogens is 3. The maximum atomic E-state index is 13.2. The van der Waals surface area contributed by atoms with Gasteiger partial charge in [0, 0.05) is 18.7 Å². The second-order valence-corrected chi connectivity index (χ2v) is 6.82. The Bertz CT molecular complexity index is 1090. The van der Waals surface area contributed by atoms with Crippen LogP contribution in [0, 0.1) is 12.7 Å². The molecule has 0 aliphatic carbocycles. The van der Waals surface area contributed by atoms with Crippen LogP contribution in [-0.2, 0) is 4.79 Å². The van der Waals surface area contributed by atoms with Crippen molar-refractivity contribution in [3.8, 4) is 11.3 Å². The van der Waals surface area contributed by atoms with Gasteiger partial charge in [0.15, 0.2) is 5.82 Å². The Hall–Kier alpha value is -3.33. The quantitative estimate of drug-likeness (QED) is 0.653. The molecule has 4 rings (SSSR count). The van der Waals surface area contributed by atoms with Crippen molar-refractivity contribution in [2.75, 3.05) is 24.5 Å². The lowest BCUT2D eigenvalue weighted by molar-refractivity contribution is -0.120. The fraction of sp³-hybridized carbons (Fsp3) is 0.211. The van der Waals surface area contributed by atoms with E-state index in [9.17, 15) is 14.0 Å². The van der Waals surface area contributed by atoms with Crippen molar-refractivity contribution in [1.82, 2.24) is 20.0 Å². The topological polar surface area (TPSA) is 92.4 Å². The number of anilines is 1. The second kappa shape index (κ2) is 7.59. The Balaban J connectivity index is 1.58. The lowest BCUT2D eigenvalue weighted by atomic mass is 10.0. The van der Waals surface area contributed by atoms with Gasteiger partial charge >= 0.3 is 0 Å². The van der Waals surface area contributed by atoms with Gasteiger partial charge in [-0.15, -0.1) is 0 Å². The Morgan fingerprint density at radius 2 is 1.93 bits per heavy atom. The number of halogens is 2. The first kappa shape index (κ1) is 19.0. The Labute approximate surface area is 169 Å². The Kier molecular flexibility index (Phi) is 4.98. The molecule has 0 bridgehead atoms. The molecule has 2 aromatic heterocycles. The van der Waals surface area contributed by atoms with Gasteiger partial charge in [0.1, 0.15) is 23.6 Å². The van der Waals surface area contributed by atoms with E-state index in [0.717, 1.165) is 12.4 Å². The average molecular weight is 416 g/mol. The van der Waals surface area contributed by atoms with Crippen molar-refractivity contribution in [1.29, 1.82) is 0 Å². The minimum atomic E-state index is -0.593. The van der Waals surface area contributed by atoms with Crippen molar-refractivity contribution in [2.24, 2.45) is 0 Å². The first-order chi connectivity index (χ1) is 14.0. The normalized spacial score (nSPS) is 14.4. The highest BCUT2D eigenvalue weighted by Gasteiger charge is 2.33. The summed E-state index contributed by atoms with van der Waals surface area (Å²) in [6.07, 6.45) is 1.98. The molecule has 0 saturated carbocycles. The molecule has 0 N–H and O–H groups in total. The molecule has 1 fully saturated rings. The number of hydrogen-bond donors (Lipinski definition) is 0. The molecule has 1 aromatic carbocycles. The van der Waals surface area contributed by atoms with E-state index >= 15 is 0 Å². The number of benzene rings is 1. The highest BCUT2D eigenvalue weighted by atomic mass is 35.5. The lowest BCUT2D eigenvalue weighted by Gasteiger charge is -2.33. The highest BCUT2D eigenvalue weighted by Crippen LogP contribution is 2.32. The van der Waals surface area contributed by atoms with Gasteiger partial charge in [-0.25, -0.2) is 14.4 Å². The summed E-state index contributed by atoms with van der Waals surface area (Å²) in [6.45, 7) is 1.89. The summed E-state index contributed by atoms with van der Waals surface area (Å²) in [5.74, 6) is -0.913. The van der Waals surface area contributed by atoms with Crippen LogP contribution in [0.1, 0.15) is 16.1 Å². The first-order valence-corrected chi connectivity index (χ1v) is 9.12. The number of carbonyl (C=O) groups is 2. The molecule has 1 aliphatic rings. The number of amides is 2. The largest absolute Gasteiger partial charge is 0.360 e. The van der Waals surface area contributed by atoms with Crippen molar-refractivity contribution >= 4 is 29.4 Å². The first-order valence-electron chi connectivity index (χ1n) is 8.74. The SMILES string of the molecule is Cc1onc(-c2ccccc2Cl)c1C(=O)N1CCN(c2ncc(F)cn2)C(=O)C1. The van der Waals surface area contributed by atoms with E-state index in [-0.39, 0.29) is 43.0 Å². The van der Waals surface area contributed by atoms with Gasteiger partial charge in [-0.2, -0.15) is 0 Å². The van der Waals surface area contributed by atoms with Gasteiger partial charge in [-0.3, -0.25) is 14.5 Å². The third-order valence-electron chi connectivity index (χ3n) is 4.56. The molecule has 148 valence electrons. The third kappa shape index (κ3) is 3.56. The van der Waals surface area contributed by atoms with Crippen LogP contribution in [0.2, 0.25) is 5.02 Å². The van der Waals surface area contributed by atoms with Gasteiger partial charge < -0.3 is 9.42 Å². The number of aryl methyl sites for hydroxylation is 1. The number of carbonyl (C=O) groups excluding carboxylic acids is 2. The van der Waals surface area contributed by atoms with Crippen LogP contribution in [0.5, 0.6) is 0 Å². The molecular formula is C19H15ClFN5O3. The summed E-state index contributed by atoms with van der Waals surface area (Å²) in [5, 5.41) is 4.43. The fourth-order valence-corrected chi connectivity index (χ4v) is 3.35. The molecule has 3 heterocycles. The van der Waals surface area contributed by atoms with E-state index < -0.39 is 5.82 Å². The zero-order valence-electron chi connectivity index (χ0n) is 15.3. The van der Waals surface area contributed by atoms with Crippen molar-refractivity contribution < 1.29 is 18.5 Å². The molecular weight excluding hydrogens is 401 g/mol. The summed E-state index contributed by atoms with van der Waals surface area (Å²) in [5.41, 5.74) is 1.16. The molecule has 3 aromatic rings. The molecule has 8 nitrogen and oxygen atoms in total. The Morgan fingerprint density at radius 1 is 1.21 bits per heavy atom. The smallest absolute Gasteiger partial charge is 0.260 e. The average Bonchev–Trinajstić information content (AvgIpc) is 3.09. The number of piperazine rings is 1. The summed E-state index contributed by atoms with van der Waals surface area (Å²) in [7, 11) is 0. The van der Waals surface area contributed by atoms with E-state index in [0.29, 0.717) is 22.0 Å². The molecule has 0 radical (unpaired) electrons. The van der Waals surface area contributed by atoms with Crippen LogP contribution in [-0.4, -0.2) is 51.5 Å². The van der Waals surface area contributed by atoms with Crippen LogP contribution in [0.4, 0.5) is 10.3 Å². The monoisotopic (exact) mass is 415 g/mol. The minimum Gasteiger partial charge on any atom is -0.360 e. The molecule has 0 spiro atoms. The van der Waals surface area contributed by atoms with Crippen LogP contribution in [0.3, 0.4) is 0 Å². The molecule has 0 unspecified atom stereocenters. The van der Waals surface area contributed by atoms with Crippen LogP contribution >= 0.6 is 11.6 Å². The Morgan fingerprint density at radius 3 is 2.62 bits per heavy atom. The number of rotatable bonds is 3. The predicted molar refractivity (Wildman–Crippen MR) is 102 cm³/mol. The van der Waals surface area contributed by atoms with Crippen molar-refractivity contribution in [3.63, 3.8) is 0 Å². The van der Waals surface area contributed by atoms with Crippen molar-refractivity contribution in [3.05, 3.63) is 58.8 Å². The van der Waals surface area contributed by atoms with Gasteiger partial charge in [-0.05, 0) is 13.0 Å². The van der Waals surface area contributed by atoms with E-state index in [4.69, 9.17) is 16.1 Å². The molecule has 1 aliphatic heterocycles. The van der Waals surface area contributed by atoms with E-state index in [1.807, 2.05) is 0 Å². The third-order valence-corrected chi connectivity index (χ3v) is 4.89. The minimum absolute atomic E-state index is 0.0985. The van der Waals surface area contributed by atoms with Gasteiger partial charge in [-0.1, -0.05) is 35.0 Å². The number of nitrogens with zero attached hydrogens (tertiary/aromatic N) is 5. The lowest BCUT2D eigenvalue weighted by Crippen LogP contribution is -2.53. The molecule has 0 atom stereocenters.